The fraction of sp³-hybridized carbons (Fsp3) is 0.500. The summed E-state index contributed by atoms with van der Waals surface area (Å²) in [5, 5.41) is 3.22. The standard InChI is InChI=1S/C14H19FN2O3/c1-19-12-4-3-10(9-11(12)15)13(14(18)20-2)17-7-5-16-6-8-17/h3-4,9,13,16H,5-8H2,1-2H3. The lowest BCUT2D eigenvalue weighted by atomic mass is 10.0. The first-order valence-electron chi connectivity index (χ1n) is 6.53. The van der Waals surface area contributed by atoms with E-state index in [1.165, 1.54) is 26.4 Å². The molecule has 0 bridgehead atoms. The maximum absolute atomic E-state index is 13.8. The van der Waals surface area contributed by atoms with Crippen LogP contribution in [0.15, 0.2) is 18.2 Å². The van der Waals surface area contributed by atoms with Crippen molar-refractivity contribution in [2.24, 2.45) is 0 Å². The Morgan fingerprint density at radius 2 is 2.05 bits per heavy atom. The van der Waals surface area contributed by atoms with E-state index in [2.05, 4.69) is 5.32 Å². The molecule has 0 radical (unpaired) electrons. The van der Waals surface area contributed by atoms with Crippen LogP contribution in [0.2, 0.25) is 0 Å². The number of methoxy groups -OCH3 is 2. The van der Waals surface area contributed by atoms with Crippen LogP contribution in [0, 0.1) is 5.82 Å². The summed E-state index contributed by atoms with van der Waals surface area (Å²) in [7, 11) is 2.75. The highest BCUT2D eigenvalue weighted by atomic mass is 19.1. The Morgan fingerprint density at radius 1 is 1.35 bits per heavy atom. The van der Waals surface area contributed by atoms with Crippen molar-refractivity contribution >= 4 is 5.97 Å². The Bertz CT molecular complexity index is 475. The first kappa shape index (κ1) is 14.7. The van der Waals surface area contributed by atoms with Crippen LogP contribution in [0.5, 0.6) is 5.75 Å². The zero-order chi connectivity index (χ0) is 14.5. The van der Waals surface area contributed by atoms with Crippen molar-refractivity contribution < 1.29 is 18.7 Å². The van der Waals surface area contributed by atoms with Crippen LogP contribution in [0.1, 0.15) is 11.6 Å². The highest BCUT2D eigenvalue weighted by Crippen LogP contribution is 2.27. The van der Waals surface area contributed by atoms with E-state index < -0.39 is 11.9 Å². The second-order valence-corrected chi connectivity index (χ2v) is 4.61. The molecule has 5 nitrogen and oxygen atoms in total. The summed E-state index contributed by atoms with van der Waals surface area (Å²) >= 11 is 0. The van der Waals surface area contributed by atoms with Gasteiger partial charge in [0.05, 0.1) is 14.2 Å². The van der Waals surface area contributed by atoms with Gasteiger partial charge in [0, 0.05) is 26.2 Å². The van der Waals surface area contributed by atoms with Crippen LogP contribution in [0.3, 0.4) is 0 Å². The fourth-order valence-electron chi connectivity index (χ4n) is 2.40. The van der Waals surface area contributed by atoms with Gasteiger partial charge in [-0.2, -0.15) is 0 Å². The fourth-order valence-corrected chi connectivity index (χ4v) is 2.40. The molecule has 1 aromatic rings. The second-order valence-electron chi connectivity index (χ2n) is 4.61. The molecule has 0 aliphatic carbocycles. The molecule has 6 heteroatoms. The number of benzene rings is 1. The average molecular weight is 282 g/mol. The molecule has 110 valence electrons. The molecule has 1 saturated heterocycles. The van der Waals surface area contributed by atoms with Gasteiger partial charge in [-0.15, -0.1) is 0 Å². The Kier molecular flexibility index (Phi) is 4.92. The zero-order valence-electron chi connectivity index (χ0n) is 11.7. The van der Waals surface area contributed by atoms with E-state index in [1.807, 2.05) is 4.90 Å². The number of piperazine rings is 1. The van der Waals surface area contributed by atoms with E-state index in [9.17, 15) is 9.18 Å². The number of hydrogen-bond donors (Lipinski definition) is 1. The molecule has 1 aliphatic heterocycles. The molecule has 20 heavy (non-hydrogen) atoms. The molecule has 1 aromatic carbocycles. The molecule has 0 amide bonds. The van der Waals surface area contributed by atoms with Crippen molar-refractivity contribution in [2.45, 2.75) is 6.04 Å². The molecule has 0 aromatic heterocycles. The van der Waals surface area contributed by atoms with Gasteiger partial charge in [0.25, 0.3) is 0 Å². The van der Waals surface area contributed by atoms with Gasteiger partial charge >= 0.3 is 5.97 Å². The van der Waals surface area contributed by atoms with Gasteiger partial charge in [-0.1, -0.05) is 6.07 Å². The lowest BCUT2D eigenvalue weighted by molar-refractivity contribution is -0.147. The van der Waals surface area contributed by atoms with Crippen LogP contribution in [-0.4, -0.2) is 51.3 Å². The topological polar surface area (TPSA) is 50.8 Å². The highest BCUT2D eigenvalue weighted by Gasteiger charge is 2.30. The Labute approximate surface area is 117 Å². The molecule has 1 unspecified atom stereocenters. The van der Waals surface area contributed by atoms with E-state index in [0.717, 1.165) is 13.1 Å². The van der Waals surface area contributed by atoms with E-state index in [0.29, 0.717) is 18.7 Å². The summed E-state index contributed by atoms with van der Waals surface area (Å²) in [6.07, 6.45) is 0. The van der Waals surface area contributed by atoms with Gasteiger partial charge in [0.1, 0.15) is 6.04 Å². The minimum atomic E-state index is -0.581. The number of hydrogen-bond acceptors (Lipinski definition) is 5. The minimum absolute atomic E-state index is 0.165. The number of carbonyl (C=O) groups excluding carboxylic acids is 1. The number of carbonyl (C=O) groups is 1. The molecule has 0 spiro atoms. The van der Waals surface area contributed by atoms with Crippen LogP contribution in [-0.2, 0) is 9.53 Å². The minimum Gasteiger partial charge on any atom is -0.494 e. The van der Waals surface area contributed by atoms with Crippen LogP contribution in [0.25, 0.3) is 0 Å². The summed E-state index contributed by atoms with van der Waals surface area (Å²) in [6, 6.07) is 3.99. The van der Waals surface area contributed by atoms with Gasteiger partial charge in [-0.3, -0.25) is 4.90 Å². The third-order valence-corrected chi connectivity index (χ3v) is 3.43. The van der Waals surface area contributed by atoms with E-state index in [-0.39, 0.29) is 11.7 Å². The van der Waals surface area contributed by atoms with E-state index >= 15 is 0 Å². The predicted octanol–water partition coefficient (Wildman–Crippen LogP) is 0.954. The van der Waals surface area contributed by atoms with Crippen molar-refractivity contribution in [3.8, 4) is 5.75 Å². The maximum atomic E-state index is 13.8. The van der Waals surface area contributed by atoms with Crippen LogP contribution in [0.4, 0.5) is 4.39 Å². The number of ether oxygens (including phenoxy) is 2. The molecule has 1 fully saturated rings. The lowest BCUT2D eigenvalue weighted by Crippen LogP contribution is -2.47. The van der Waals surface area contributed by atoms with Crippen molar-refractivity contribution in [1.29, 1.82) is 0 Å². The van der Waals surface area contributed by atoms with Crippen LogP contribution >= 0.6 is 0 Å². The van der Waals surface area contributed by atoms with Crippen molar-refractivity contribution in [2.75, 3.05) is 40.4 Å². The summed E-state index contributed by atoms with van der Waals surface area (Å²) < 4.78 is 23.6. The number of nitrogens with one attached hydrogen (secondary N) is 1. The number of esters is 1. The van der Waals surface area contributed by atoms with Gasteiger partial charge in [0.2, 0.25) is 0 Å². The van der Waals surface area contributed by atoms with Gasteiger partial charge in [0.15, 0.2) is 11.6 Å². The number of rotatable bonds is 4. The zero-order valence-corrected chi connectivity index (χ0v) is 11.7. The molecule has 0 saturated carbocycles. The van der Waals surface area contributed by atoms with E-state index in [1.54, 1.807) is 6.07 Å². The van der Waals surface area contributed by atoms with Crippen molar-refractivity contribution in [1.82, 2.24) is 10.2 Å². The monoisotopic (exact) mass is 282 g/mol. The molecule has 1 heterocycles. The summed E-state index contributed by atoms with van der Waals surface area (Å²) in [5.41, 5.74) is 0.581. The van der Waals surface area contributed by atoms with Gasteiger partial charge in [-0.05, 0) is 17.7 Å². The van der Waals surface area contributed by atoms with Crippen LogP contribution < -0.4 is 10.1 Å². The normalized spacial score (nSPS) is 17.6. The molecule has 2 rings (SSSR count). The smallest absolute Gasteiger partial charge is 0.327 e. The number of halogens is 1. The third kappa shape index (κ3) is 3.08. The largest absolute Gasteiger partial charge is 0.494 e. The molecular formula is C14H19FN2O3. The Morgan fingerprint density at radius 3 is 2.60 bits per heavy atom. The van der Waals surface area contributed by atoms with Gasteiger partial charge in [-0.25, -0.2) is 9.18 Å². The van der Waals surface area contributed by atoms with E-state index in [4.69, 9.17) is 9.47 Å². The first-order chi connectivity index (χ1) is 9.67. The Balaban J connectivity index is 2.30. The maximum Gasteiger partial charge on any atom is 0.327 e. The number of nitrogens with zero attached hydrogens (tertiary/aromatic N) is 1. The molecular weight excluding hydrogens is 263 g/mol. The summed E-state index contributed by atoms with van der Waals surface area (Å²) in [5.74, 6) is -0.691. The van der Waals surface area contributed by atoms with Crippen molar-refractivity contribution in [3.63, 3.8) is 0 Å². The quantitative estimate of drug-likeness (QED) is 0.833. The predicted molar refractivity (Wildman–Crippen MR) is 72.2 cm³/mol. The third-order valence-electron chi connectivity index (χ3n) is 3.43. The molecule has 1 aliphatic rings. The first-order valence-corrected chi connectivity index (χ1v) is 6.53. The average Bonchev–Trinajstić information content (AvgIpc) is 2.48. The second kappa shape index (κ2) is 6.67. The van der Waals surface area contributed by atoms with Crippen molar-refractivity contribution in [3.05, 3.63) is 29.6 Å². The molecule has 1 atom stereocenters. The SMILES string of the molecule is COC(=O)C(c1ccc(OC)c(F)c1)N1CCNCC1. The lowest BCUT2D eigenvalue weighted by Gasteiger charge is -2.33. The highest BCUT2D eigenvalue weighted by molar-refractivity contribution is 5.77. The Hall–Kier alpha value is -1.66. The summed E-state index contributed by atoms with van der Waals surface area (Å²) in [6.45, 7) is 3.03. The van der Waals surface area contributed by atoms with Gasteiger partial charge < -0.3 is 14.8 Å². The molecule has 1 N–H and O–H groups in total. The summed E-state index contributed by atoms with van der Waals surface area (Å²) in [4.78, 5) is 14.0.